The van der Waals surface area contributed by atoms with Crippen LogP contribution in [-0.2, 0) is 0 Å². The monoisotopic (exact) mass is 289 g/mol. The average Bonchev–Trinajstić information content (AvgIpc) is 2.29. The number of rotatable bonds is 6. The summed E-state index contributed by atoms with van der Waals surface area (Å²) in [6, 6.07) is 4.69. The van der Waals surface area contributed by atoms with Gasteiger partial charge in [-0.1, -0.05) is 43.7 Å². The molecule has 0 radical (unpaired) electrons. The fraction of sp³-hybridized carbons (Fsp3) is 0.462. The van der Waals surface area contributed by atoms with Gasteiger partial charge in [0.2, 0.25) is 0 Å². The minimum absolute atomic E-state index is 0.0657. The van der Waals surface area contributed by atoms with Crippen LogP contribution in [0.4, 0.5) is 4.39 Å². The third-order valence-electron chi connectivity index (χ3n) is 2.79. The number of benzene rings is 1. The summed E-state index contributed by atoms with van der Waals surface area (Å²) in [6.45, 7) is 4.37. The average molecular weight is 290 g/mol. The molecule has 2 nitrogen and oxygen atoms in total. The predicted octanol–water partition coefficient (Wildman–Crippen LogP) is 3.95. The van der Waals surface area contributed by atoms with E-state index in [-0.39, 0.29) is 16.2 Å². The summed E-state index contributed by atoms with van der Waals surface area (Å²) in [4.78, 5) is 0.483. The van der Waals surface area contributed by atoms with Crippen molar-refractivity contribution in [3.05, 3.63) is 29.0 Å². The van der Waals surface area contributed by atoms with Gasteiger partial charge < -0.3 is 10.5 Å². The lowest BCUT2D eigenvalue weighted by Gasteiger charge is -2.22. The lowest BCUT2D eigenvalue weighted by molar-refractivity contribution is 0.276. The van der Waals surface area contributed by atoms with E-state index in [2.05, 4.69) is 0 Å². The third-order valence-corrected chi connectivity index (χ3v) is 3.63. The zero-order valence-electron chi connectivity index (χ0n) is 10.5. The molecule has 0 atom stereocenters. The van der Waals surface area contributed by atoms with Crippen molar-refractivity contribution in [3.63, 3.8) is 0 Å². The molecule has 0 heterocycles. The van der Waals surface area contributed by atoms with Gasteiger partial charge in [0.25, 0.3) is 0 Å². The Morgan fingerprint density at radius 2 is 2.17 bits per heavy atom. The van der Waals surface area contributed by atoms with Crippen molar-refractivity contribution in [2.75, 3.05) is 6.61 Å². The maximum Gasteiger partial charge on any atom is 0.183 e. The van der Waals surface area contributed by atoms with E-state index in [1.807, 2.05) is 13.8 Å². The molecule has 0 aliphatic rings. The van der Waals surface area contributed by atoms with Crippen LogP contribution in [0.2, 0.25) is 5.02 Å². The predicted molar refractivity (Wildman–Crippen MR) is 76.7 cm³/mol. The molecular formula is C13H17ClFNOS. The molecule has 0 bridgehead atoms. The van der Waals surface area contributed by atoms with Gasteiger partial charge in [-0.2, -0.15) is 0 Å². The Morgan fingerprint density at radius 1 is 1.50 bits per heavy atom. The first-order chi connectivity index (χ1) is 8.34. The highest BCUT2D eigenvalue weighted by Gasteiger charge is 2.20. The van der Waals surface area contributed by atoms with Crippen LogP contribution in [0.5, 0.6) is 5.75 Å². The first-order valence-corrected chi connectivity index (χ1v) is 6.50. The molecule has 0 unspecified atom stereocenters. The van der Waals surface area contributed by atoms with E-state index < -0.39 is 5.82 Å². The SMILES string of the molecule is CC(C)(CCCOc1cccc(Cl)c1F)C(N)=S. The standard InChI is InChI=1S/C13H17ClFNOS/c1-13(2,12(16)18)7-4-8-17-10-6-3-5-9(14)11(10)15/h3,5-6H,4,7-8H2,1-2H3,(H2,16,18). The van der Waals surface area contributed by atoms with Gasteiger partial charge in [0.05, 0.1) is 16.6 Å². The summed E-state index contributed by atoms with van der Waals surface area (Å²) in [5.74, 6) is -0.344. The molecule has 0 aliphatic heterocycles. The summed E-state index contributed by atoms with van der Waals surface area (Å²) in [5, 5.41) is 0.0657. The number of nitrogens with two attached hydrogens (primary N) is 1. The molecule has 18 heavy (non-hydrogen) atoms. The van der Waals surface area contributed by atoms with Crippen molar-refractivity contribution in [1.29, 1.82) is 0 Å². The van der Waals surface area contributed by atoms with Gasteiger partial charge in [0.1, 0.15) is 0 Å². The summed E-state index contributed by atoms with van der Waals surface area (Å²) in [6.07, 6.45) is 1.54. The van der Waals surface area contributed by atoms with Crippen LogP contribution < -0.4 is 10.5 Å². The second-order valence-electron chi connectivity index (χ2n) is 4.75. The van der Waals surface area contributed by atoms with Gasteiger partial charge in [-0.3, -0.25) is 0 Å². The first kappa shape index (κ1) is 15.2. The van der Waals surface area contributed by atoms with E-state index in [4.69, 9.17) is 34.3 Å². The molecule has 0 aromatic heterocycles. The molecule has 1 aromatic rings. The Kier molecular flexibility index (Phi) is 5.35. The van der Waals surface area contributed by atoms with Crippen LogP contribution in [0.1, 0.15) is 26.7 Å². The molecule has 0 spiro atoms. The van der Waals surface area contributed by atoms with Crippen LogP contribution >= 0.6 is 23.8 Å². The van der Waals surface area contributed by atoms with Crippen molar-refractivity contribution in [2.45, 2.75) is 26.7 Å². The Morgan fingerprint density at radius 3 is 2.78 bits per heavy atom. The van der Waals surface area contributed by atoms with Crippen LogP contribution in [0.25, 0.3) is 0 Å². The zero-order valence-corrected chi connectivity index (χ0v) is 12.1. The van der Waals surface area contributed by atoms with Crippen molar-refractivity contribution >= 4 is 28.8 Å². The van der Waals surface area contributed by atoms with Gasteiger partial charge in [0.15, 0.2) is 11.6 Å². The van der Waals surface area contributed by atoms with E-state index in [0.717, 1.165) is 12.8 Å². The molecule has 0 fully saturated rings. The van der Waals surface area contributed by atoms with Gasteiger partial charge >= 0.3 is 0 Å². The molecule has 1 rings (SSSR count). The highest BCUT2D eigenvalue weighted by Crippen LogP contribution is 2.26. The van der Waals surface area contributed by atoms with Crippen molar-refractivity contribution in [1.82, 2.24) is 0 Å². The number of thiocarbonyl (C=S) groups is 1. The van der Waals surface area contributed by atoms with Crippen LogP contribution in [0.3, 0.4) is 0 Å². The Balaban J connectivity index is 2.43. The third kappa shape index (κ3) is 4.10. The second kappa shape index (κ2) is 6.34. The van der Waals surface area contributed by atoms with Crippen molar-refractivity contribution < 1.29 is 9.13 Å². The topological polar surface area (TPSA) is 35.2 Å². The Hall–Kier alpha value is -0.870. The smallest absolute Gasteiger partial charge is 0.183 e. The van der Waals surface area contributed by atoms with Gasteiger partial charge in [-0.25, -0.2) is 4.39 Å². The van der Waals surface area contributed by atoms with Gasteiger partial charge in [-0.05, 0) is 25.0 Å². The highest BCUT2D eigenvalue weighted by atomic mass is 35.5. The van der Waals surface area contributed by atoms with E-state index >= 15 is 0 Å². The number of halogens is 2. The first-order valence-electron chi connectivity index (χ1n) is 5.71. The van der Waals surface area contributed by atoms with E-state index in [0.29, 0.717) is 11.6 Å². The van der Waals surface area contributed by atoms with E-state index in [1.165, 1.54) is 6.07 Å². The molecule has 100 valence electrons. The maximum atomic E-state index is 13.5. The maximum absolute atomic E-state index is 13.5. The molecule has 1 aromatic carbocycles. The lowest BCUT2D eigenvalue weighted by atomic mass is 9.88. The normalized spacial score (nSPS) is 11.3. The van der Waals surface area contributed by atoms with Crippen LogP contribution in [0, 0.1) is 11.2 Å². The number of hydrogen-bond donors (Lipinski definition) is 1. The summed E-state index contributed by atoms with van der Waals surface area (Å²) < 4.78 is 18.8. The second-order valence-corrected chi connectivity index (χ2v) is 5.60. The van der Waals surface area contributed by atoms with Crippen molar-refractivity contribution in [2.24, 2.45) is 11.1 Å². The van der Waals surface area contributed by atoms with Crippen LogP contribution in [-0.4, -0.2) is 11.6 Å². The van der Waals surface area contributed by atoms with Gasteiger partial charge in [0, 0.05) is 5.41 Å². The number of ether oxygens (including phenoxy) is 1. The summed E-state index contributed by atoms with van der Waals surface area (Å²) in [7, 11) is 0. The summed E-state index contributed by atoms with van der Waals surface area (Å²) in [5.41, 5.74) is 5.42. The lowest BCUT2D eigenvalue weighted by Crippen LogP contribution is -2.30. The highest BCUT2D eigenvalue weighted by molar-refractivity contribution is 7.80. The van der Waals surface area contributed by atoms with E-state index in [9.17, 15) is 4.39 Å². The van der Waals surface area contributed by atoms with E-state index in [1.54, 1.807) is 12.1 Å². The minimum Gasteiger partial charge on any atom is -0.490 e. The number of hydrogen-bond acceptors (Lipinski definition) is 2. The molecule has 5 heteroatoms. The molecule has 0 aliphatic carbocycles. The fourth-order valence-corrected chi connectivity index (χ4v) is 1.68. The summed E-state index contributed by atoms with van der Waals surface area (Å²) >= 11 is 10.6. The largest absolute Gasteiger partial charge is 0.490 e. The fourth-order valence-electron chi connectivity index (χ4n) is 1.41. The Bertz CT molecular complexity index is 437. The van der Waals surface area contributed by atoms with Crippen molar-refractivity contribution in [3.8, 4) is 5.75 Å². The molecule has 2 N–H and O–H groups in total. The molecule has 0 saturated carbocycles. The van der Waals surface area contributed by atoms with Crippen LogP contribution in [0.15, 0.2) is 18.2 Å². The molecule has 0 saturated heterocycles. The van der Waals surface area contributed by atoms with Gasteiger partial charge in [-0.15, -0.1) is 0 Å². The molecule has 0 amide bonds. The minimum atomic E-state index is -0.521. The molecular weight excluding hydrogens is 273 g/mol. The Labute approximate surface area is 117 Å². The zero-order chi connectivity index (χ0) is 13.8. The quantitative estimate of drug-likeness (QED) is 0.636.